The maximum absolute atomic E-state index is 9.46. The van der Waals surface area contributed by atoms with Gasteiger partial charge in [0.25, 0.3) is 0 Å². The molecule has 1 heterocycles. The number of rotatable bonds is 7. The van der Waals surface area contributed by atoms with Gasteiger partial charge in [0.15, 0.2) is 0 Å². The number of benzene rings is 2. The first kappa shape index (κ1) is 15.2. The van der Waals surface area contributed by atoms with E-state index in [1.54, 1.807) is 0 Å². The molecule has 0 aliphatic rings. The minimum absolute atomic E-state index is 0.116. The van der Waals surface area contributed by atoms with Gasteiger partial charge in [-0.25, -0.2) is 4.68 Å². The van der Waals surface area contributed by atoms with Gasteiger partial charge in [0.2, 0.25) is 0 Å². The lowest BCUT2D eigenvalue weighted by Gasteiger charge is -2.09. The molecule has 23 heavy (non-hydrogen) atoms. The maximum Gasteiger partial charge on any atom is 0.119 e. The summed E-state index contributed by atoms with van der Waals surface area (Å²) in [6.07, 6.45) is 0.643. The van der Waals surface area contributed by atoms with Crippen molar-refractivity contribution in [2.45, 2.75) is 19.6 Å². The van der Waals surface area contributed by atoms with E-state index in [0.29, 0.717) is 25.3 Å². The van der Waals surface area contributed by atoms with Crippen LogP contribution in [-0.4, -0.2) is 26.7 Å². The van der Waals surface area contributed by atoms with E-state index in [9.17, 15) is 5.11 Å². The van der Waals surface area contributed by atoms with Crippen molar-refractivity contribution in [3.63, 3.8) is 0 Å². The smallest absolute Gasteiger partial charge is 0.119 e. The molecule has 0 spiro atoms. The quantitative estimate of drug-likeness (QED) is 0.728. The zero-order valence-corrected chi connectivity index (χ0v) is 12.8. The van der Waals surface area contributed by atoms with Crippen LogP contribution in [0.3, 0.4) is 0 Å². The molecule has 5 nitrogen and oxygen atoms in total. The Kier molecular flexibility index (Phi) is 5.01. The average Bonchev–Trinajstić information content (AvgIpc) is 2.99. The average molecular weight is 309 g/mol. The fourth-order valence-corrected chi connectivity index (χ4v) is 2.43. The first-order chi connectivity index (χ1) is 11.4. The molecule has 0 bridgehead atoms. The van der Waals surface area contributed by atoms with Crippen LogP contribution in [-0.2, 0) is 19.6 Å². The SMILES string of the molecule is OCc1nnn(Cc2ccccc2)c1CCOc1ccccc1. The summed E-state index contributed by atoms with van der Waals surface area (Å²) in [5.41, 5.74) is 2.66. The lowest BCUT2D eigenvalue weighted by molar-refractivity contribution is 0.273. The number of ether oxygens (including phenoxy) is 1. The molecule has 0 atom stereocenters. The molecule has 118 valence electrons. The summed E-state index contributed by atoms with van der Waals surface area (Å²) in [4.78, 5) is 0. The normalized spacial score (nSPS) is 10.7. The van der Waals surface area contributed by atoms with E-state index in [1.165, 1.54) is 0 Å². The lowest BCUT2D eigenvalue weighted by atomic mass is 10.2. The second kappa shape index (κ2) is 7.56. The molecular weight excluding hydrogens is 290 g/mol. The Labute approximate surface area is 135 Å². The monoisotopic (exact) mass is 309 g/mol. The Hall–Kier alpha value is -2.66. The van der Waals surface area contributed by atoms with Gasteiger partial charge >= 0.3 is 0 Å². The van der Waals surface area contributed by atoms with Crippen LogP contribution in [0.25, 0.3) is 0 Å². The van der Waals surface area contributed by atoms with Gasteiger partial charge in [-0.05, 0) is 17.7 Å². The molecule has 2 aromatic carbocycles. The Balaban J connectivity index is 1.68. The second-order valence-electron chi connectivity index (χ2n) is 5.20. The molecule has 3 rings (SSSR count). The summed E-state index contributed by atoms with van der Waals surface area (Å²) in [6, 6.07) is 19.8. The Morgan fingerprint density at radius 3 is 2.35 bits per heavy atom. The van der Waals surface area contributed by atoms with E-state index >= 15 is 0 Å². The first-order valence-electron chi connectivity index (χ1n) is 7.60. The van der Waals surface area contributed by atoms with Crippen LogP contribution in [0, 0.1) is 0 Å². The van der Waals surface area contributed by atoms with Crippen LogP contribution < -0.4 is 4.74 Å². The van der Waals surface area contributed by atoms with Crippen LogP contribution in [0.1, 0.15) is 17.0 Å². The largest absolute Gasteiger partial charge is 0.493 e. The highest BCUT2D eigenvalue weighted by Crippen LogP contribution is 2.12. The summed E-state index contributed by atoms with van der Waals surface area (Å²) in [5, 5.41) is 17.7. The van der Waals surface area contributed by atoms with Crippen molar-refractivity contribution in [1.82, 2.24) is 15.0 Å². The van der Waals surface area contributed by atoms with Crippen LogP contribution in [0.15, 0.2) is 60.7 Å². The first-order valence-corrected chi connectivity index (χ1v) is 7.60. The molecule has 1 aromatic heterocycles. The molecule has 3 aromatic rings. The van der Waals surface area contributed by atoms with E-state index in [1.807, 2.05) is 65.3 Å². The number of hydrogen-bond donors (Lipinski definition) is 1. The minimum atomic E-state index is -0.116. The van der Waals surface area contributed by atoms with Gasteiger partial charge in [-0.15, -0.1) is 5.10 Å². The van der Waals surface area contributed by atoms with E-state index in [0.717, 1.165) is 17.0 Å². The molecule has 0 fully saturated rings. The van der Waals surface area contributed by atoms with Gasteiger partial charge in [0.05, 0.1) is 25.5 Å². The number of nitrogens with zero attached hydrogens (tertiary/aromatic N) is 3. The molecular formula is C18H19N3O2. The van der Waals surface area contributed by atoms with Crippen molar-refractivity contribution in [3.8, 4) is 5.75 Å². The zero-order chi connectivity index (χ0) is 15.9. The highest BCUT2D eigenvalue weighted by Gasteiger charge is 2.12. The van der Waals surface area contributed by atoms with Crippen molar-refractivity contribution in [3.05, 3.63) is 77.6 Å². The van der Waals surface area contributed by atoms with Gasteiger partial charge in [0.1, 0.15) is 11.4 Å². The number of aliphatic hydroxyl groups excluding tert-OH is 1. The summed E-state index contributed by atoms with van der Waals surface area (Å²) in [5.74, 6) is 0.833. The van der Waals surface area contributed by atoms with Crippen molar-refractivity contribution in [1.29, 1.82) is 0 Å². The summed E-state index contributed by atoms with van der Waals surface area (Å²) in [6.45, 7) is 1.03. The summed E-state index contributed by atoms with van der Waals surface area (Å²) >= 11 is 0. The molecule has 0 saturated carbocycles. The Bertz CT molecular complexity index is 727. The Morgan fingerprint density at radius 1 is 0.957 bits per heavy atom. The molecule has 1 N–H and O–H groups in total. The van der Waals surface area contributed by atoms with Crippen molar-refractivity contribution >= 4 is 0 Å². The fourth-order valence-electron chi connectivity index (χ4n) is 2.43. The predicted molar refractivity (Wildman–Crippen MR) is 87.1 cm³/mol. The number of aliphatic hydroxyl groups is 1. The lowest BCUT2D eigenvalue weighted by Crippen LogP contribution is -2.11. The molecule has 0 saturated heterocycles. The molecule has 0 aliphatic carbocycles. The highest BCUT2D eigenvalue weighted by molar-refractivity contribution is 5.21. The van der Waals surface area contributed by atoms with Gasteiger partial charge in [-0.2, -0.15) is 0 Å². The maximum atomic E-state index is 9.46. The number of para-hydroxylation sites is 1. The van der Waals surface area contributed by atoms with Crippen molar-refractivity contribution in [2.75, 3.05) is 6.61 Å². The number of hydrogen-bond acceptors (Lipinski definition) is 4. The van der Waals surface area contributed by atoms with Gasteiger partial charge in [-0.3, -0.25) is 0 Å². The van der Waals surface area contributed by atoms with Crippen LogP contribution >= 0.6 is 0 Å². The van der Waals surface area contributed by atoms with Crippen molar-refractivity contribution in [2.24, 2.45) is 0 Å². The second-order valence-corrected chi connectivity index (χ2v) is 5.20. The van der Waals surface area contributed by atoms with E-state index in [-0.39, 0.29) is 6.61 Å². The fraction of sp³-hybridized carbons (Fsp3) is 0.222. The molecule has 0 unspecified atom stereocenters. The molecule has 0 amide bonds. The van der Waals surface area contributed by atoms with Crippen LogP contribution in [0.5, 0.6) is 5.75 Å². The highest BCUT2D eigenvalue weighted by atomic mass is 16.5. The van der Waals surface area contributed by atoms with Crippen LogP contribution in [0.2, 0.25) is 0 Å². The molecule has 5 heteroatoms. The Morgan fingerprint density at radius 2 is 1.65 bits per heavy atom. The topological polar surface area (TPSA) is 60.2 Å². The third-order valence-electron chi connectivity index (χ3n) is 3.59. The number of aromatic nitrogens is 3. The van der Waals surface area contributed by atoms with Gasteiger partial charge in [-0.1, -0.05) is 53.7 Å². The molecule has 0 aliphatic heterocycles. The minimum Gasteiger partial charge on any atom is -0.493 e. The van der Waals surface area contributed by atoms with Crippen molar-refractivity contribution < 1.29 is 9.84 Å². The molecule has 0 radical (unpaired) electrons. The standard InChI is InChI=1S/C18H19N3O2/c22-14-17-18(11-12-23-16-9-5-2-6-10-16)21(20-19-17)13-15-7-3-1-4-8-15/h1-10,22H,11-14H2. The summed E-state index contributed by atoms with van der Waals surface area (Å²) in [7, 11) is 0. The summed E-state index contributed by atoms with van der Waals surface area (Å²) < 4.78 is 7.56. The van der Waals surface area contributed by atoms with Gasteiger partial charge in [0, 0.05) is 6.42 Å². The van der Waals surface area contributed by atoms with Crippen LogP contribution in [0.4, 0.5) is 0 Å². The third-order valence-corrected chi connectivity index (χ3v) is 3.59. The van der Waals surface area contributed by atoms with E-state index in [2.05, 4.69) is 10.3 Å². The third kappa shape index (κ3) is 3.96. The van der Waals surface area contributed by atoms with Gasteiger partial charge < -0.3 is 9.84 Å². The zero-order valence-electron chi connectivity index (χ0n) is 12.8. The predicted octanol–water partition coefficient (Wildman–Crippen LogP) is 2.44. The van der Waals surface area contributed by atoms with E-state index < -0.39 is 0 Å². The van der Waals surface area contributed by atoms with E-state index in [4.69, 9.17) is 4.74 Å².